The number of ether oxygens (including phenoxy) is 3. The molecule has 0 saturated carbocycles. The quantitative estimate of drug-likeness (QED) is 0.0315. The van der Waals surface area contributed by atoms with Crippen LogP contribution in [0.2, 0.25) is 10.0 Å². The average molecular weight is 966 g/mol. The second-order valence-electron chi connectivity index (χ2n) is 17.9. The normalized spacial score (nSPS) is 13.0. The molecule has 4 aromatic carbocycles. The van der Waals surface area contributed by atoms with E-state index in [0.717, 1.165) is 25.7 Å². The lowest BCUT2D eigenvalue weighted by atomic mass is 9.77. The summed E-state index contributed by atoms with van der Waals surface area (Å²) in [5.74, 6) is -0.562. The van der Waals surface area contributed by atoms with Gasteiger partial charge in [0.2, 0.25) is 0 Å². The van der Waals surface area contributed by atoms with Crippen LogP contribution < -0.4 is 20.1 Å². The van der Waals surface area contributed by atoms with Crippen LogP contribution >= 0.6 is 23.2 Å². The Kier molecular flexibility index (Phi) is 17.3. The van der Waals surface area contributed by atoms with Crippen LogP contribution in [-0.2, 0) is 17.6 Å². The standard InChI is InChI=1S/C50H60Cl2F2N6O7/c1-49(2,31(13-9-7-11-15-61)17-29-19-37(53)35(51)23-39(29)59-47-33-21-43(63)45(65-5)25-41(33)55-27-57-47)67-50(3,4)32(14-10-8-12-16-62)18-30-20-38(54)36(52)24-40(30)60-48-34-22-44(64)46(66-6)26-42(34)56-28-58-48/h19-28,31-32,61-64H,7-18H2,1-6H3,(H,55,57,59)(H,56,58,60). The van der Waals surface area contributed by atoms with Crippen molar-refractivity contribution in [3.8, 4) is 23.0 Å². The molecule has 0 bridgehead atoms. The first-order valence-electron chi connectivity index (χ1n) is 22.4. The molecule has 0 aliphatic heterocycles. The number of aromatic hydroxyl groups is 2. The number of aromatic nitrogens is 4. The molecule has 13 nitrogen and oxygen atoms in total. The third-order valence-corrected chi connectivity index (χ3v) is 13.1. The first kappa shape index (κ1) is 51.1. The molecule has 2 unspecified atom stereocenters. The lowest BCUT2D eigenvalue weighted by molar-refractivity contribution is -0.175. The lowest BCUT2D eigenvalue weighted by Gasteiger charge is -2.45. The van der Waals surface area contributed by atoms with Gasteiger partial charge in [0, 0.05) is 47.5 Å². The van der Waals surface area contributed by atoms with Gasteiger partial charge in [-0.05, 0) is 126 Å². The molecule has 0 aliphatic rings. The number of aliphatic hydroxyl groups is 2. The molecule has 67 heavy (non-hydrogen) atoms. The lowest BCUT2D eigenvalue weighted by Crippen LogP contribution is -2.47. The zero-order valence-electron chi connectivity index (χ0n) is 38.7. The summed E-state index contributed by atoms with van der Waals surface area (Å²) in [7, 11) is 2.90. The van der Waals surface area contributed by atoms with Crippen LogP contribution in [0.15, 0.2) is 61.2 Å². The molecule has 0 spiro atoms. The zero-order valence-corrected chi connectivity index (χ0v) is 40.2. The number of phenolic OH excluding ortho intramolecular Hbond substituents is 2. The van der Waals surface area contributed by atoms with Crippen molar-refractivity contribution in [3.05, 3.63) is 94.0 Å². The predicted octanol–water partition coefficient (Wildman–Crippen LogP) is 11.8. The fraction of sp³-hybridized carbons (Fsp3) is 0.440. The maximum atomic E-state index is 15.5. The molecule has 6 aromatic rings. The number of anilines is 4. The van der Waals surface area contributed by atoms with Crippen molar-refractivity contribution in [1.82, 2.24) is 19.9 Å². The second kappa shape index (κ2) is 22.7. The highest BCUT2D eigenvalue weighted by molar-refractivity contribution is 6.31. The van der Waals surface area contributed by atoms with Gasteiger partial charge in [-0.25, -0.2) is 28.7 Å². The summed E-state index contributed by atoms with van der Waals surface area (Å²) < 4.78 is 48.9. The minimum Gasteiger partial charge on any atom is -0.504 e. The number of nitrogens with one attached hydrogen (secondary N) is 2. The van der Waals surface area contributed by atoms with Gasteiger partial charge in [0.05, 0.1) is 46.5 Å². The van der Waals surface area contributed by atoms with Crippen LogP contribution in [-0.4, -0.2) is 79.0 Å². The third kappa shape index (κ3) is 12.6. The molecule has 6 N–H and O–H groups in total. The molecule has 2 atom stereocenters. The van der Waals surface area contributed by atoms with Crippen LogP contribution in [0.25, 0.3) is 21.8 Å². The Hall–Kier alpha value is -5.32. The molecule has 0 aliphatic carbocycles. The van der Waals surface area contributed by atoms with E-state index in [1.165, 1.54) is 63.3 Å². The minimum atomic E-state index is -0.849. The van der Waals surface area contributed by atoms with Crippen molar-refractivity contribution in [2.24, 2.45) is 11.8 Å². The molecule has 0 radical (unpaired) electrons. The van der Waals surface area contributed by atoms with E-state index in [1.54, 1.807) is 12.1 Å². The zero-order chi connectivity index (χ0) is 48.5. The fourth-order valence-electron chi connectivity index (χ4n) is 8.80. The number of rotatable bonds is 24. The van der Waals surface area contributed by atoms with Gasteiger partial charge in [0.25, 0.3) is 0 Å². The van der Waals surface area contributed by atoms with E-state index in [0.29, 0.717) is 94.5 Å². The Morgan fingerprint density at radius 1 is 0.582 bits per heavy atom. The number of aliphatic hydroxyl groups excluding tert-OH is 2. The fourth-order valence-corrected chi connectivity index (χ4v) is 9.13. The molecule has 0 saturated heterocycles. The number of methoxy groups -OCH3 is 2. The summed E-state index contributed by atoms with van der Waals surface area (Å²) in [4.78, 5) is 17.6. The Labute approximate surface area is 399 Å². The molecular formula is C50H60Cl2F2N6O7. The van der Waals surface area contributed by atoms with E-state index in [1.807, 2.05) is 27.7 Å². The van der Waals surface area contributed by atoms with Crippen LogP contribution in [0, 0.1) is 23.5 Å². The van der Waals surface area contributed by atoms with E-state index < -0.39 is 22.8 Å². The summed E-state index contributed by atoms with van der Waals surface area (Å²) in [5.41, 5.74) is 1.58. The summed E-state index contributed by atoms with van der Waals surface area (Å²) >= 11 is 12.8. The molecule has 17 heteroatoms. The highest BCUT2D eigenvalue weighted by atomic mass is 35.5. The number of phenols is 2. The molecular weight excluding hydrogens is 905 g/mol. The number of hydrogen-bond acceptors (Lipinski definition) is 13. The van der Waals surface area contributed by atoms with Crippen molar-refractivity contribution in [2.75, 3.05) is 38.1 Å². The highest BCUT2D eigenvalue weighted by Gasteiger charge is 2.40. The molecule has 6 rings (SSSR count). The molecule has 0 fully saturated rings. The molecule has 0 amide bonds. The van der Waals surface area contributed by atoms with Gasteiger partial charge in [0.15, 0.2) is 23.0 Å². The largest absolute Gasteiger partial charge is 0.504 e. The summed E-state index contributed by atoms with van der Waals surface area (Å²) in [6.45, 7) is 8.24. The Bertz CT molecular complexity index is 2480. The topological polar surface area (TPSA) is 184 Å². The number of hydrogen-bond donors (Lipinski definition) is 6. The monoisotopic (exact) mass is 964 g/mol. The maximum absolute atomic E-state index is 15.5. The van der Waals surface area contributed by atoms with Gasteiger partial charge >= 0.3 is 0 Å². The maximum Gasteiger partial charge on any atom is 0.162 e. The number of benzene rings is 4. The van der Waals surface area contributed by atoms with E-state index in [2.05, 4.69) is 30.6 Å². The molecule has 2 aromatic heterocycles. The smallest absolute Gasteiger partial charge is 0.162 e. The number of nitrogens with zero attached hydrogens (tertiary/aromatic N) is 4. The van der Waals surface area contributed by atoms with Crippen molar-refractivity contribution >= 4 is 68.0 Å². The molecule has 2 heterocycles. The van der Waals surface area contributed by atoms with Crippen LogP contribution in [0.4, 0.5) is 31.8 Å². The summed E-state index contributed by atoms with van der Waals surface area (Å²) in [6, 6.07) is 12.1. The molecule has 360 valence electrons. The Morgan fingerprint density at radius 2 is 0.985 bits per heavy atom. The predicted molar refractivity (Wildman–Crippen MR) is 260 cm³/mol. The third-order valence-electron chi connectivity index (χ3n) is 12.5. The van der Waals surface area contributed by atoms with Crippen molar-refractivity contribution in [3.63, 3.8) is 0 Å². The van der Waals surface area contributed by atoms with Gasteiger partial charge in [-0.1, -0.05) is 48.9 Å². The van der Waals surface area contributed by atoms with Crippen LogP contribution in [0.3, 0.4) is 0 Å². The second-order valence-corrected chi connectivity index (χ2v) is 18.7. The van der Waals surface area contributed by atoms with Crippen molar-refractivity contribution in [2.45, 2.75) is 103 Å². The minimum absolute atomic E-state index is 0.0626. The van der Waals surface area contributed by atoms with Crippen molar-refractivity contribution < 1.29 is 43.4 Å². The Morgan fingerprint density at radius 3 is 1.36 bits per heavy atom. The summed E-state index contributed by atoms with van der Waals surface area (Å²) in [6.07, 6.45) is 9.14. The van der Waals surface area contributed by atoms with Crippen LogP contribution in [0.1, 0.15) is 90.2 Å². The SMILES string of the molecule is COc1cc2ncnc(Nc3cc(Cl)c(F)cc3CC(CCCCCO)C(C)(C)OC(C)(C)C(CCCCCO)Cc3cc(F)c(Cl)cc3Nc3ncnc4cc(OC)c(O)cc34)c2cc1O. The first-order valence-corrected chi connectivity index (χ1v) is 23.2. The summed E-state index contributed by atoms with van der Waals surface area (Å²) in [5, 5.41) is 48.1. The van der Waals surface area contributed by atoms with Gasteiger partial charge in [-0.2, -0.15) is 0 Å². The van der Waals surface area contributed by atoms with Crippen molar-refractivity contribution in [1.29, 1.82) is 0 Å². The van der Waals surface area contributed by atoms with Gasteiger partial charge in [-0.15, -0.1) is 0 Å². The van der Waals surface area contributed by atoms with E-state index in [-0.39, 0.29) is 58.1 Å². The van der Waals surface area contributed by atoms with Crippen LogP contribution in [0.5, 0.6) is 23.0 Å². The van der Waals surface area contributed by atoms with E-state index in [9.17, 15) is 20.4 Å². The van der Waals surface area contributed by atoms with Gasteiger partial charge < -0.3 is 45.3 Å². The highest BCUT2D eigenvalue weighted by Crippen LogP contribution is 2.43. The van der Waals surface area contributed by atoms with Gasteiger partial charge in [0.1, 0.15) is 35.9 Å². The van der Waals surface area contributed by atoms with E-state index in [4.69, 9.17) is 37.4 Å². The van der Waals surface area contributed by atoms with E-state index >= 15 is 8.78 Å². The number of unbranched alkanes of at least 4 members (excludes halogenated alkanes) is 4. The number of halogens is 4. The number of fused-ring (bicyclic) bond motifs is 2. The first-order chi connectivity index (χ1) is 32.0. The Balaban J connectivity index is 1.34. The average Bonchev–Trinajstić information content (AvgIpc) is 3.28. The van der Waals surface area contributed by atoms with Gasteiger partial charge in [-0.3, -0.25) is 0 Å².